The predicted molar refractivity (Wildman–Crippen MR) is 95.7 cm³/mol. The Balaban J connectivity index is 1.70. The second-order valence-corrected chi connectivity index (χ2v) is 6.08. The van der Waals surface area contributed by atoms with Gasteiger partial charge in [0.25, 0.3) is 0 Å². The molecule has 1 aromatic heterocycles. The number of nitrogens with zero attached hydrogens (tertiary/aromatic N) is 5. The highest BCUT2D eigenvalue weighted by Gasteiger charge is 2.22. The summed E-state index contributed by atoms with van der Waals surface area (Å²) in [4.78, 5) is 39.7. The molecule has 136 valence electrons. The summed E-state index contributed by atoms with van der Waals surface area (Å²) in [6.07, 6.45) is 1.35. The van der Waals surface area contributed by atoms with Gasteiger partial charge in [0.2, 0.25) is 17.8 Å². The molecular formula is C17H20N6O3. The van der Waals surface area contributed by atoms with Gasteiger partial charge >= 0.3 is 5.97 Å². The van der Waals surface area contributed by atoms with Crippen molar-refractivity contribution in [2.24, 2.45) is 0 Å². The van der Waals surface area contributed by atoms with Crippen molar-refractivity contribution >= 4 is 29.5 Å². The van der Waals surface area contributed by atoms with Crippen LogP contribution in [0.3, 0.4) is 0 Å². The molecule has 0 aliphatic carbocycles. The Morgan fingerprint density at radius 1 is 1.31 bits per heavy atom. The van der Waals surface area contributed by atoms with Crippen LogP contribution in [0, 0.1) is 0 Å². The van der Waals surface area contributed by atoms with Crippen LogP contribution in [0.5, 0.6) is 0 Å². The quantitative estimate of drug-likeness (QED) is 0.789. The molecule has 1 aliphatic rings. The average Bonchev–Trinajstić information content (AvgIpc) is 3.05. The van der Waals surface area contributed by atoms with E-state index in [0.717, 1.165) is 6.42 Å². The lowest BCUT2D eigenvalue weighted by atomic mass is 10.2. The molecule has 1 aromatic carbocycles. The van der Waals surface area contributed by atoms with Crippen LogP contribution in [0.2, 0.25) is 0 Å². The molecule has 0 radical (unpaired) electrons. The third-order valence-electron chi connectivity index (χ3n) is 3.89. The Morgan fingerprint density at radius 3 is 2.81 bits per heavy atom. The molecule has 2 N–H and O–H groups in total. The number of anilines is 3. The second kappa shape index (κ2) is 7.34. The lowest BCUT2D eigenvalue weighted by Gasteiger charge is -2.16. The molecule has 3 rings (SSSR count). The van der Waals surface area contributed by atoms with Gasteiger partial charge in [-0.2, -0.15) is 15.0 Å². The molecule has 1 fully saturated rings. The minimum Gasteiger partial charge on any atom is -0.454 e. The molecule has 9 heteroatoms. The molecule has 1 saturated heterocycles. The van der Waals surface area contributed by atoms with Gasteiger partial charge in [-0.05, 0) is 24.6 Å². The van der Waals surface area contributed by atoms with Gasteiger partial charge in [0.05, 0.1) is 5.56 Å². The van der Waals surface area contributed by atoms with Crippen LogP contribution >= 0.6 is 0 Å². The van der Waals surface area contributed by atoms with E-state index in [1.165, 1.54) is 0 Å². The number of benzene rings is 1. The topological polar surface area (TPSA) is 115 Å². The van der Waals surface area contributed by atoms with Gasteiger partial charge < -0.3 is 20.3 Å². The van der Waals surface area contributed by atoms with Gasteiger partial charge in [-0.3, -0.25) is 4.79 Å². The molecule has 0 saturated carbocycles. The number of aromatic nitrogens is 3. The number of nitrogens with two attached hydrogens (primary N) is 1. The van der Waals surface area contributed by atoms with Crippen molar-refractivity contribution in [1.29, 1.82) is 0 Å². The summed E-state index contributed by atoms with van der Waals surface area (Å²) in [5, 5.41) is 0. The van der Waals surface area contributed by atoms with Gasteiger partial charge in [-0.15, -0.1) is 0 Å². The van der Waals surface area contributed by atoms with Crippen molar-refractivity contribution in [2.45, 2.75) is 19.4 Å². The van der Waals surface area contributed by atoms with Crippen molar-refractivity contribution in [2.75, 3.05) is 36.2 Å². The summed E-state index contributed by atoms with van der Waals surface area (Å²) < 4.78 is 5.28. The third kappa shape index (κ3) is 3.88. The Bertz CT molecular complexity index is 839. The molecule has 1 aliphatic heterocycles. The zero-order valence-corrected chi connectivity index (χ0v) is 14.7. The highest BCUT2D eigenvalue weighted by molar-refractivity contribution is 5.97. The fourth-order valence-electron chi connectivity index (χ4n) is 2.63. The van der Waals surface area contributed by atoms with Crippen molar-refractivity contribution in [3.05, 3.63) is 35.7 Å². The number of rotatable bonds is 5. The summed E-state index contributed by atoms with van der Waals surface area (Å²) in [7, 11) is 3.55. The lowest BCUT2D eigenvalue weighted by Crippen LogP contribution is -2.23. The molecule has 26 heavy (non-hydrogen) atoms. The summed E-state index contributed by atoms with van der Waals surface area (Å²) in [6, 6.07) is 6.82. The molecule has 0 atom stereocenters. The standard InChI is InChI=1S/C17H20N6O3/c1-22(2)17-20-13(19-16(18)21-17)10-26-15(25)11-5-3-6-12(9-11)23-8-4-7-14(23)24/h3,5-6,9H,4,7-8,10H2,1-2H3,(H2,18,19,20,21). The van der Waals surface area contributed by atoms with Crippen molar-refractivity contribution in [3.63, 3.8) is 0 Å². The Labute approximate surface area is 150 Å². The monoisotopic (exact) mass is 356 g/mol. The molecule has 2 heterocycles. The summed E-state index contributed by atoms with van der Waals surface area (Å²) in [5.74, 6) is 0.249. The fourth-order valence-corrected chi connectivity index (χ4v) is 2.63. The van der Waals surface area contributed by atoms with Crippen LogP contribution in [0.1, 0.15) is 29.0 Å². The number of carbonyl (C=O) groups excluding carboxylic acids is 2. The number of hydrogen-bond donors (Lipinski definition) is 1. The highest BCUT2D eigenvalue weighted by atomic mass is 16.5. The van der Waals surface area contributed by atoms with E-state index >= 15 is 0 Å². The van der Waals surface area contributed by atoms with Crippen LogP contribution in [0.15, 0.2) is 24.3 Å². The maximum absolute atomic E-state index is 12.3. The van der Waals surface area contributed by atoms with Crippen LogP contribution in [-0.4, -0.2) is 47.5 Å². The van der Waals surface area contributed by atoms with Crippen LogP contribution in [0.4, 0.5) is 17.6 Å². The van der Waals surface area contributed by atoms with Gasteiger partial charge in [-0.25, -0.2) is 4.79 Å². The van der Waals surface area contributed by atoms with E-state index in [1.54, 1.807) is 48.2 Å². The first-order chi connectivity index (χ1) is 12.4. The summed E-state index contributed by atoms with van der Waals surface area (Å²) in [6.45, 7) is 0.536. The number of ether oxygens (including phenoxy) is 1. The first kappa shape index (κ1) is 17.6. The third-order valence-corrected chi connectivity index (χ3v) is 3.89. The largest absolute Gasteiger partial charge is 0.454 e. The van der Waals surface area contributed by atoms with Gasteiger partial charge in [0.15, 0.2) is 12.4 Å². The van der Waals surface area contributed by atoms with Crippen LogP contribution in [0.25, 0.3) is 0 Å². The Hall–Kier alpha value is -3.23. The smallest absolute Gasteiger partial charge is 0.338 e. The fraction of sp³-hybridized carbons (Fsp3) is 0.353. The SMILES string of the molecule is CN(C)c1nc(N)nc(COC(=O)c2cccc(N3CCCC3=O)c2)n1. The molecule has 2 aromatic rings. The zero-order valence-electron chi connectivity index (χ0n) is 14.7. The molecule has 0 unspecified atom stereocenters. The molecule has 0 bridgehead atoms. The van der Waals surface area contributed by atoms with Crippen LogP contribution in [-0.2, 0) is 16.1 Å². The zero-order chi connectivity index (χ0) is 18.7. The first-order valence-electron chi connectivity index (χ1n) is 8.19. The van der Waals surface area contributed by atoms with Crippen molar-refractivity contribution in [1.82, 2.24) is 15.0 Å². The molecule has 9 nitrogen and oxygen atoms in total. The normalized spacial score (nSPS) is 13.8. The maximum atomic E-state index is 12.3. The predicted octanol–water partition coefficient (Wildman–Crippen LogP) is 1.00. The Kier molecular flexibility index (Phi) is 4.97. The van der Waals surface area contributed by atoms with Gasteiger partial charge in [0.1, 0.15) is 0 Å². The molecular weight excluding hydrogens is 336 g/mol. The van der Waals surface area contributed by atoms with E-state index in [0.29, 0.717) is 30.2 Å². The first-order valence-corrected chi connectivity index (χ1v) is 8.19. The number of carbonyl (C=O) groups is 2. The van der Waals surface area contributed by atoms with Crippen molar-refractivity contribution < 1.29 is 14.3 Å². The van der Waals surface area contributed by atoms with Crippen molar-refractivity contribution in [3.8, 4) is 0 Å². The number of amides is 1. The van der Waals surface area contributed by atoms with E-state index < -0.39 is 5.97 Å². The number of hydrogen-bond acceptors (Lipinski definition) is 8. The highest BCUT2D eigenvalue weighted by Crippen LogP contribution is 2.22. The summed E-state index contributed by atoms with van der Waals surface area (Å²) in [5.41, 5.74) is 6.70. The maximum Gasteiger partial charge on any atom is 0.338 e. The second-order valence-electron chi connectivity index (χ2n) is 6.08. The van der Waals surface area contributed by atoms with Crippen LogP contribution < -0.4 is 15.5 Å². The van der Waals surface area contributed by atoms with E-state index in [4.69, 9.17) is 10.5 Å². The number of esters is 1. The lowest BCUT2D eigenvalue weighted by molar-refractivity contribution is -0.117. The molecule has 0 spiro atoms. The average molecular weight is 356 g/mol. The summed E-state index contributed by atoms with van der Waals surface area (Å²) >= 11 is 0. The van der Waals surface area contributed by atoms with E-state index in [-0.39, 0.29) is 24.3 Å². The van der Waals surface area contributed by atoms with E-state index in [9.17, 15) is 9.59 Å². The molecule has 1 amide bonds. The van der Waals surface area contributed by atoms with Gasteiger partial charge in [-0.1, -0.05) is 6.07 Å². The minimum absolute atomic E-state index is 0.0595. The van der Waals surface area contributed by atoms with Gasteiger partial charge in [0, 0.05) is 32.7 Å². The minimum atomic E-state index is -0.524. The number of nitrogen functional groups attached to an aromatic ring is 1. The Morgan fingerprint density at radius 2 is 2.12 bits per heavy atom. The van der Waals surface area contributed by atoms with E-state index in [1.807, 2.05) is 0 Å². The van der Waals surface area contributed by atoms with E-state index in [2.05, 4.69) is 15.0 Å².